The lowest BCUT2D eigenvalue weighted by atomic mass is 9.89. The normalized spacial score (nSPS) is 15.9. The zero-order chi connectivity index (χ0) is 21.2. The van der Waals surface area contributed by atoms with Crippen LogP contribution in [0.15, 0.2) is 48.5 Å². The molecule has 2 aromatic carbocycles. The standard InChI is InChI=1S/C21H22F3N3O2/c1-26-10-8-14(9-11-26)19(28)15-4-2-6-17(12-15)27(20(25)29)18-7-3-5-16(13-18)21(22,23)24/h2-7,12-14H,8-11H2,1H3,(H2,25,29). The lowest BCUT2D eigenvalue weighted by Crippen LogP contribution is -2.34. The third-order valence-electron chi connectivity index (χ3n) is 5.13. The van der Waals surface area contributed by atoms with Crippen molar-refractivity contribution in [3.63, 3.8) is 0 Å². The second-order valence-corrected chi connectivity index (χ2v) is 7.21. The molecule has 1 aliphatic rings. The summed E-state index contributed by atoms with van der Waals surface area (Å²) in [5, 5.41) is 0. The summed E-state index contributed by atoms with van der Waals surface area (Å²) in [5.41, 5.74) is 5.21. The van der Waals surface area contributed by atoms with Gasteiger partial charge in [0.25, 0.3) is 0 Å². The second kappa shape index (κ2) is 8.24. The molecule has 2 amide bonds. The number of hydrogen-bond donors (Lipinski definition) is 1. The van der Waals surface area contributed by atoms with Crippen LogP contribution in [0.25, 0.3) is 0 Å². The Labute approximate surface area is 166 Å². The van der Waals surface area contributed by atoms with Crippen LogP contribution < -0.4 is 10.6 Å². The van der Waals surface area contributed by atoms with Crippen molar-refractivity contribution in [3.05, 3.63) is 59.7 Å². The van der Waals surface area contributed by atoms with Gasteiger partial charge in [-0.25, -0.2) is 4.79 Å². The fourth-order valence-corrected chi connectivity index (χ4v) is 3.53. The van der Waals surface area contributed by atoms with Crippen molar-refractivity contribution in [2.24, 2.45) is 11.7 Å². The van der Waals surface area contributed by atoms with Crippen molar-refractivity contribution in [3.8, 4) is 0 Å². The molecule has 29 heavy (non-hydrogen) atoms. The Balaban J connectivity index is 1.92. The van der Waals surface area contributed by atoms with E-state index >= 15 is 0 Å². The molecule has 1 heterocycles. The van der Waals surface area contributed by atoms with Gasteiger partial charge in [-0.2, -0.15) is 13.2 Å². The van der Waals surface area contributed by atoms with E-state index in [9.17, 15) is 22.8 Å². The zero-order valence-corrected chi connectivity index (χ0v) is 15.9. The van der Waals surface area contributed by atoms with Gasteiger partial charge in [0.1, 0.15) is 0 Å². The molecule has 0 bridgehead atoms. The highest BCUT2D eigenvalue weighted by molar-refractivity contribution is 6.02. The van der Waals surface area contributed by atoms with Crippen molar-refractivity contribution < 1.29 is 22.8 Å². The van der Waals surface area contributed by atoms with Crippen LogP contribution in [0.1, 0.15) is 28.8 Å². The van der Waals surface area contributed by atoms with Crippen LogP contribution in [0.2, 0.25) is 0 Å². The number of Topliss-reactive ketones (excluding diaryl/α,β-unsaturated/α-hetero) is 1. The first-order chi connectivity index (χ1) is 13.7. The molecule has 3 rings (SSSR count). The first kappa shape index (κ1) is 20.9. The molecule has 0 unspecified atom stereocenters. The molecule has 0 radical (unpaired) electrons. The number of alkyl halides is 3. The topological polar surface area (TPSA) is 66.6 Å². The Morgan fingerprint density at radius 2 is 1.62 bits per heavy atom. The first-order valence-corrected chi connectivity index (χ1v) is 9.26. The van der Waals surface area contributed by atoms with Crippen molar-refractivity contribution in [2.45, 2.75) is 19.0 Å². The van der Waals surface area contributed by atoms with E-state index in [1.165, 1.54) is 24.3 Å². The Hall–Kier alpha value is -2.87. The number of benzene rings is 2. The number of halogens is 3. The number of piperidine rings is 1. The molecule has 0 aliphatic carbocycles. The fraction of sp³-hybridized carbons (Fsp3) is 0.333. The average molecular weight is 405 g/mol. The van der Waals surface area contributed by atoms with E-state index in [1.807, 2.05) is 7.05 Å². The maximum absolute atomic E-state index is 13.1. The molecule has 5 nitrogen and oxygen atoms in total. The van der Waals surface area contributed by atoms with Gasteiger partial charge in [-0.3, -0.25) is 9.69 Å². The van der Waals surface area contributed by atoms with Crippen LogP contribution in [0.4, 0.5) is 29.3 Å². The van der Waals surface area contributed by atoms with Gasteiger partial charge in [0, 0.05) is 11.5 Å². The summed E-state index contributed by atoms with van der Waals surface area (Å²) in [7, 11) is 2.00. The average Bonchev–Trinajstić information content (AvgIpc) is 2.68. The van der Waals surface area contributed by atoms with Gasteiger partial charge in [0.2, 0.25) is 0 Å². The van der Waals surface area contributed by atoms with Crippen LogP contribution in [-0.4, -0.2) is 36.9 Å². The predicted octanol–water partition coefficient (Wildman–Crippen LogP) is 4.45. The molecule has 0 spiro atoms. The van der Waals surface area contributed by atoms with Gasteiger partial charge in [0.05, 0.1) is 16.9 Å². The molecular formula is C21H22F3N3O2. The van der Waals surface area contributed by atoms with Gasteiger partial charge in [-0.15, -0.1) is 0 Å². The van der Waals surface area contributed by atoms with Crippen LogP contribution in [0.5, 0.6) is 0 Å². The Bertz CT molecular complexity index is 906. The first-order valence-electron chi connectivity index (χ1n) is 9.26. The number of rotatable bonds is 4. The van der Waals surface area contributed by atoms with Crippen LogP contribution in [0, 0.1) is 5.92 Å². The number of likely N-dealkylation sites (tertiary alicyclic amines) is 1. The van der Waals surface area contributed by atoms with Gasteiger partial charge in [-0.1, -0.05) is 18.2 Å². The number of anilines is 2. The molecular weight excluding hydrogens is 383 g/mol. The molecule has 0 aromatic heterocycles. The molecule has 2 aromatic rings. The van der Waals surface area contributed by atoms with Gasteiger partial charge in [0.15, 0.2) is 5.78 Å². The largest absolute Gasteiger partial charge is 0.416 e. The summed E-state index contributed by atoms with van der Waals surface area (Å²) >= 11 is 0. The van der Waals surface area contributed by atoms with E-state index in [2.05, 4.69) is 4.90 Å². The molecule has 154 valence electrons. The Morgan fingerprint density at radius 1 is 1.03 bits per heavy atom. The summed E-state index contributed by atoms with van der Waals surface area (Å²) in [6, 6.07) is 9.71. The number of nitrogens with zero attached hydrogens (tertiary/aromatic N) is 2. The molecule has 1 saturated heterocycles. The SMILES string of the molecule is CN1CCC(C(=O)c2cccc(N(C(N)=O)c3cccc(C(F)(F)F)c3)c2)CC1. The monoisotopic (exact) mass is 405 g/mol. The molecule has 1 aliphatic heterocycles. The minimum Gasteiger partial charge on any atom is -0.351 e. The van der Waals surface area contributed by atoms with E-state index in [4.69, 9.17) is 5.73 Å². The molecule has 0 saturated carbocycles. The van der Waals surface area contributed by atoms with Crippen LogP contribution >= 0.6 is 0 Å². The second-order valence-electron chi connectivity index (χ2n) is 7.21. The molecule has 8 heteroatoms. The van der Waals surface area contributed by atoms with Gasteiger partial charge >= 0.3 is 12.2 Å². The summed E-state index contributed by atoms with van der Waals surface area (Å²) in [6.07, 6.45) is -3.06. The zero-order valence-electron chi connectivity index (χ0n) is 15.9. The third-order valence-corrected chi connectivity index (χ3v) is 5.13. The van der Waals surface area contributed by atoms with E-state index in [0.29, 0.717) is 5.56 Å². The summed E-state index contributed by atoms with van der Waals surface area (Å²) in [4.78, 5) is 28.1. The lowest BCUT2D eigenvalue weighted by molar-refractivity contribution is -0.137. The number of urea groups is 1. The van der Waals surface area contributed by atoms with Gasteiger partial charge in [-0.05, 0) is 63.3 Å². The van der Waals surface area contributed by atoms with Crippen molar-refractivity contribution in [1.82, 2.24) is 4.90 Å². The van der Waals surface area contributed by atoms with E-state index in [-0.39, 0.29) is 23.1 Å². The number of ketones is 1. The molecule has 0 atom stereocenters. The van der Waals surface area contributed by atoms with Crippen molar-refractivity contribution in [2.75, 3.05) is 25.0 Å². The summed E-state index contributed by atoms with van der Waals surface area (Å²) in [5.74, 6) is -0.148. The fourth-order valence-electron chi connectivity index (χ4n) is 3.53. The Morgan fingerprint density at radius 3 is 2.21 bits per heavy atom. The number of primary amides is 1. The lowest BCUT2D eigenvalue weighted by Gasteiger charge is -2.28. The van der Waals surface area contributed by atoms with E-state index < -0.39 is 17.8 Å². The smallest absolute Gasteiger partial charge is 0.351 e. The van der Waals surface area contributed by atoms with Crippen LogP contribution in [0.3, 0.4) is 0 Å². The minimum absolute atomic E-state index is 0.0174. The minimum atomic E-state index is -4.55. The van der Waals surface area contributed by atoms with E-state index in [1.54, 1.807) is 12.1 Å². The maximum Gasteiger partial charge on any atom is 0.416 e. The number of carbonyl (C=O) groups is 2. The van der Waals surface area contributed by atoms with Crippen molar-refractivity contribution >= 4 is 23.2 Å². The molecule has 1 fully saturated rings. The number of nitrogens with two attached hydrogens (primary N) is 1. The third kappa shape index (κ3) is 4.76. The highest BCUT2D eigenvalue weighted by atomic mass is 19.4. The molecule has 2 N–H and O–H groups in total. The highest BCUT2D eigenvalue weighted by Gasteiger charge is 2.31. The summed E-state index contributed by atoms with van der Waals surface area (Å²) < 4.78 is 39.2. The quantitative estimate of drug-likeness (QED) is 0.765. The van der Waals surface area contributed by atoms with Crippen molar-refractivity contribution in [1.29, 1.82) is 0 Å². The maximum atomic E-state index is 13.1. The van der Waals surface area contributed by atoms with Gasteiger partial charge < -0.3 is 10.6 Å². The predicted molar refractivity (Wildman–Crippen MR) is 104 cm³/mol. The number of carbonyl (C=O) groups excluding carboxylic acids is 2. The van der Waals surface area contributed by atoms with Crippen LogP contribution in [-0.2, 0) is 6.18 Å². The summed E-state index contributed by atoms with van der Waals surface area (Å²) in [6.45, 7) is 1.65. The number of hydrogen-bond acceptors (Lipinski definition) is 3. The number of amides is 2. The van der Waals surface area contributed by atoms with E-state index in [0.717, 1.165) is 43.0 Å². The highest BCUT2D eigenvalue weighted by Crippen LogP contribution is 2.34. The Kier molecular flexibility index (Phi) is 5.93.